The van der Waals surface area contributed by atoms with Crippen LogP contribution in [0.15, 0.2) is 24.4 Å². The van der Waals surface area contributed by atoms with Gasteiger partial charge in [-0.05, 0) is 25.5 Å². The molecule has 3 rings (SSSR count). The number of imide groups is 1. The smallest absolute Gasteiger partial charge is 0.289 e. The third-order valence-corrected chi connectivity index (χ3v) is 4.67. The molecule has 130 valence electrons. The molecule has 25 heavy (non-hydrogen) atoms. The van der Waals surface area contributed by atoms with E-state index in [1.165, 1.54) is 10.9 Å². The minimum Gasteiger partial charge on any atom is -0.324 e. The fourth-order valence-electron chi connectivity index (χ4n) is 2.51. The predicted molar refractivity (Wildman–Crippen MR) is 93.0 cm³/mol. The van der Waals surface area contributed by atoms with E-state index in [1.54, 1.807) is 0 Å². The third-order valence-electron chi connectivity index (χ3n) is 3.81. The minimum atomic E-state index is -0.294. The summed E-state index contributed by atoms with van der Waals surface area (Å²) in [5.74, 6) is -0.359. The number of hydrogen-bond acceptors (Lipinski definition) is 6. The lowest BCUT2D eigenvalue weighted by molar-refractivity contribution is -0.125. The summed E-state index contributed by atoms with van der Waals surface area (Å²) < 4.78 is 1.39. The van der Waals surface area contributed by atoms with Crippen LogP contribution in [0.5, 0.6) is 0 Å². The number of benzene rings is 1. The molecule has 0 unspecified atom stereocenters. The standard InChI is InChI=1S/C16H17N5O3S/c1-10-3-4-13(11(2)5-10)18-14(22)8-21-12(6-17-19-21)7-20-15(23)9-25-16(20)24/h3-6H,7-9H2,1-2H3,(H,18,22). The molecule has 0 radical (unpaired) electrons. The Bertz CT molecular complexity index is 832. The van der Waals surface area contributed by atoms with Crippen LogP contribution in [0.2, 0.25) is 0 Å². The molecule has 8 nitrogen and oxygen atoms in total. The van der Waals surface area contributed by atoms with Crippen LogP contribution in [0.4, 0.5) is 10.5 Å². The van der Waals surface area contributed by atoms with Crippen LogP contribution in [0.25, 0.3) is 0 Å². The second-order valence-electron chi connectivity index (χ2n) is 5.78. The maximum Gasteiger partial charge on any atom is 0.289 e. The van der Waals surface area contributed by atoms with Gasteiger partial charge in [0, 0.05) is 5.69 Å². The fraction of sp³-hybridized carbons (Fsp3) is 0.312. The van der Waals surface area contributed by atoms with Crippen LogP contribution in [0.1, 0.15) is 16.8 Å². The van der Waals surface area contributed by atoms with Crippen LogP contribution >= 0.6 is 11.8 Å². The van der Waals surface area contributed by atoms with Crippen molar-refractivity contribution in [2.45, 2.75) is 26.9 Å². The van der Waals surface area contributed by atoms with Crippen LogP contribution in [0.3, 0.4) is 0 Å². The van der Waals surface area contributed by atoms with Gasteiger partial charge in [0.1, 0.15) is 6.54 Å². The van der Waals surface area contributed by atoms with Crippen molar-refractivity contribution in [1.82, 2.24) is 19.9 Å². The van der Waals surface area contributed by atoms with Gasteiger partial charge in [-0.15, -0.1) is 5.10 Å². The quantitative estimate of drug-likeness (QED) is 0.873. The van der Waals surface area contributed by atoms with Crippen molar-refractivity contribution in [2.24, 2.45) is 0 Å². The van der Waals surface area contributed by atoms with Gasteiger partial charge in [0.15, 0.2) is 0 Å². The van der Waals surface area contributed by atoms with Crippen molar-refractivity contribution >= 4 is 34.5 Å². The number of aryl methyl sites for hydroxylation is 2. The molecule has 0 bridgehead atoms. The predicted octanol–water partition coefficient (Wildman–Crippen LogP) is 1.73. The normalized spacial score (nSPS) is 14.2. The highest BCUT2D eigenvalue weighted by Crippen LogP contribution is 2.21. The Morgan fingerprint density at radius 1 is 1.32 bits per heavy atom. The molecule has 1 fully saturated rings. The molecule has 1 aromatic heterocycles. The number of hydrogen-bond donors (Lipinski definition) is 1. The van der Waals surface area contributed by atoms with Crippen molar-refractivity contribution in [3.05, 3.63) is 41.2 Å². The summed E-state index contributed by atoms with van der Waals surface area (Å²) in [6.45, 7) is 3.92. The Balaban J connectivity index is 1.67. The van der Waals surface area contributed by atoms with Crippen molar-refractivity contribution in [3.8, 4) is 0 Å². The number of thioether (sulfide) groups is 1. The summed E-state index contributed by atoms with van der Waals surface area (Å²) in [6, 6.07) is 5.76. The number of anilines is 1. The summed E-state index contributed by atoms with van der Waals surface area (Å²) in [4.78, 5) is 36.8. The van der Waals surface area contributed by atoms with E-state index in [0.717, 1.165) is 33.5 Å². The van der Waals surface area contributed by atoms with Gasteiger partial charge in [-0.1, -0.05) is 34.7 Å². The molecule has 0 atom stereocenters. The Hall–Kier alpha value is -2.68. The number of rotatable bonds is 5. The summed E-state index contributed by atoms with van der Waals surface area (Å²) >= 11 is 0.968. The number of amides is 3. The molecule has 3 amide bonds. The van der Waals surface area contributed by atoms with E-state index in [-0.39, 0.29) is 35.9 Å². The van der Waals surface area contributed by atoms with Gasteiger partial charge < -0.3 is 5.32 Å². The molecular formula is C16H17N5O3S. The monoisotopic (exact) mass is 359 g/mol. The molecule has 0 saturated carbocycles. The van der Waals surface area contributed by atoms with Gasteiger partial charge in [0.05, 0.1) is 24.2 Å². The van der Waals surface area contributed by atoms with E-state index in [2.05, 4.69) is 15.6 Å². The number of carbonyl (C=O) groups is 3. The third kappa shape index (κ3) is 3.87. The van der Waals surface area contributed by atoms with Gasteiger partial charge >= 0.3 is 0 Å². The molecule has 1 saturated heterocycles. The highest BCUT2D eigenvalue weighted by atomic mass is 32.2. The van der Waals surface area contributed by atoms with Crippen LogP contribution in [-0.4, -0.2) is 42.7 Å². The molecule has 1 N–H and O–H groups in total. The highest BCUT2D eigenvalue weighted by molar-refractivity contribution is 8.14. The first-order valence-electron chi connectivity index (χ1n) is 7.65. The van der Waals surface area contributed by atoms with E-state index >= 15 is 0 Å². The number of nitrogens with zero attached hydrogens (tertiary/aromatic N) is 4. The average Bonchev–Trinajstić information content (AvgIpc) is 3.12. The van der Waals surface area contributed by atoms with E-state index < -0.39 is 0 Å². The van der Waals surface area contributed by atoms with Crippen LogP contribution in [0, 0.1) is 13.8 Å². The van der Waals surface area contributed by atoms with E-state index in [4.69, 9.17) is 0 Å². The van der Waals surface area contributed by atoms with Crippen LogP contribution in [-0.2, 0) is 22.7 Å². The summed E-state index contributed by atoms with van der Waals surface area (Å²) in [5.41, 5.74) is 3.35. The topological polar surface area (TPSA) is 97.2 Å². The zero-order chi connectivity index (χ0) is 18.0. The molecular weight excluding hydrogens is 342 g/mol. The largest absolute Gasteiger partial charge is 0.324 e. The fourth-order valence-corrected chi connectivity index (χ4v) is 3.23. The number of carbonyl (C=O) groups excluding carboxylic acids is 3. The van der Waals surface area contributed by atoms with Crippen molar-refractivity contribution in [1.29, 1.82) is 0 Å². The van der Waals surface area contributed by atoms with Gasteiger partial charge in [-0.2, -0.15) is 0 Å². The Kier molecular flexibility index (Phi) is 4.84. The number of nitrogens with one attached hydrogen (secondary N) is 1. The zero-order valence-electron chi connectivity index (χ0n) is 13.9. The summed E-state index contributed by atoms with van der Waals surface area (Å²) in [5, 5.41) is 10.2. The van der Waals surface area contributed by atoms with Crippen molar-refractivity contribution < 1.29 is 14.4 Å². The van der Waals surface area contributed by atoms with E-state index in [0.29, 0.717) is 5.69 Å². The lowest BCUT2D eigenvalue weighted by atomic mass is 10.1. The first kappa shape index (κ1) is 17.2. The first-order chi connectivity index (χ1) is 11.9. The maximum atomic E-state index is 12.3. The molecule has 2 aromatic rings. The molecule has 2 heterocycles. The second kappa shape index (κ2) is 7.06. The lowest BCUT2D eigenvalue weighted by Crippen LogP contribution is -2.30. The Morgan fingerprint density at radius 2 is 2.12 bits per heavy atom. The molecule has 1 aliphatic rings. The SMILES string of the molecule is Cc1ccc(NC(=O)Cn2nncc2CN2C(=O)CSC2=O)c(C)c1. The Labute approximate surface area is 148 Å². The zero-order valence-corrected chi connectivity index (χ0v) is 14.7. The molecule has 0 spiro atoms. The van der Waals surface area contributed by atoms with Crippen LogP contribution < -0.4 is 5.32 Å². The Morgan fingerprint density at radius 3 is 2.80 bits per heavy atom. The lowest BCUT2D eigenvalue weighted by Gasteiger charge is -2.14. The van der Waals surface area contributed by atoms with Gasteiger partial charge in [0.25, 0.3) is 5.24 Å². The average molecular weight is 359 g/mol. The second-order valence-corrected chi connectivity index (χ2v) is 6.71. The van der Waals surface area contributed by atoms with Crippen molar-refractivity contribution in [2.75, 3.05) is 11.1 Å². The summed E-state index contributed by atoms with van der Waals surface area (Å²) in [6.07, 6.45) is 1.45. The van der Waals surface area contributed by atoms with Gasteiger partial charge in [-0.25, -0.2) is 4.68 Å². The molecule has 1 aliphatic heterocycles. The number of aromatic nitrogens is 3. The summed E-state index contributed by atoms with van der Waals surface area (Å²) in [7, 11) is 0. The van der Waals surface area contributed by atoms with E-state index in [9.17, 15) is 14.4 Å². The maximum absolute atomic E-state index is 12.3. The molecule has 9 heteroatoms. The first-order valence-corrected chi connectivity index (χ1v) is 8.64. The van der Waals surface area contributed by atoms with E-state index in [1.807, 2.05) is 32.0 Å². The van der Waals surface area contributed by atoms with Crippen molar-refractivity contribution in [3.63, 3.8) is 0 Å². The van der Waals surface area contributed by atoms with Gasteiger partial charge in [-0.3, -0.25) is 19.3 Å². The minimum absolute atomic E-state index is 0.0496. The molecule has 1 aromatic carbocycles. The van der Waals surface area contributed by atoms with Gasteiger partial charge in [0.2, 0.25) is 11.8 Å². The highest BCUT2D eigenvalue weighted by Gasteiger charge is 2.30. The molecule has 0 aliphatic carbocycles.